The lowest BCUT2D eigenvalue weighted by Crippen LogP contribution is -2.42. The van der Waals surface area contributed by atoms with Gasteiger partial charge in [0.2, 0.25) is 0 Å². The highest BCUT2D eigenvalue weighted by molar-refractivity contribution is 5.89. The summed E-state index contributed by atoms with van der Waals surface area (Å²) in [5, 5.41) is 2.89. The molecule has 1 aliphatic rings. The summed E-state index contributed by atoms with van der Waals surface area (Å²) in [7, 11) is 0. The Morgan fingerprint density at radius 3 is 2.77 bits per heavy atom. The van der Waals surface area contributed by atoms with E-state index < -0.39 is 0 Å². The molecule has 1 aliphatic heterocycles. The van der Waals surface area contributed by atoms with Gasteiger partial charge in [0.25, 0.3) is 5.56 Å². The zero-order valence-electron chi connectivity index (χ0n) is 17.0. The third-order valence-electron chi connectivity index (χ3n) is 5.48. The smallest absolute Gasteiger partial charge is 0.320 e. The van der Waals surface area contributed by atoms with Crippen LogP contribution in [0.25, 0.3) is 0 Å². The minimum Gasteiger partial charge on any atom is -0.320 e. The van der Waals surface area contributed by atoms with Crippen LogP contribution >= 0.6 is 0 Å². The predicted octanol–water partition coefficient (Wildman–Crippen LogP) is 3.71. The first-order valence-corrected chi connectivity index (χ1v) is 9.88. The Bertz CT molecular complexity index is 1170. The number of rotatable bonds is 3. The quantitative estimate of drug-likeness (QED) is 0.696. The normalized spacial score (nSPS) is 13.1. The molecule has 2 N–H and O–H groups in total. The number of carbonyl (C=O) groups excluding carboxylic acids is 1. The molecule has 0 fully saturated rings. The second kappa shape index (κ2) is 8.10. The number of halogens is 1. The average molecular weight is 406 g/mol. The third-order valence-corrected chi connectivity index (χ3v) is 5.48. The number of amides is 2. The lowest BCUT2D eigenvalue weighted by Gasteiger charge is -2.28. The van der Waals surface area contributed by atoms with Gasteiger partial charge in [-0.2, -0.15) is 0 Å². The van der Waals surface area contributed by atoms with Crippen molar-refractivity contribution in [1.29, 1.82) is 0 Å². The van der Waals surface area contributed by atoms with Gasteiger partial charge in [0.1, 0.15) is 11.6 Å². The highest BCUT2D eigenvalue weighted by Crippen LogP contribution is 2.19. The first kappa shape index (κ1) is 19.8. The minimum absolute atomic E-state index is 0.189. The van der Waals surface area contributed by atoms with Crippen LogP contribution in [0.3, 0.4) is 0 Å². The van der Waals surface area contributed by atoms with Crippen LogP contribution in [0, 0.1) is 19.7 Å². The molecule has 2 amide bonds. The SMILES string of the molecule is Cc1ccc(NC(=O)N2CCc3nc(Cc4ccccc4F)[nH]c(=O)c3C2)cc1C. The number of hydrogen-bond donors (Lipinski definition) is 2. The van der Waals surface area contributed by atoms with E-state index in [0.717, 1.165) is 16.8 Å². The van der Waals surface area contributed by atoms with E-state index in [-0.39, 0.29) is 30.4 Å². The molecule has 0 radical (unpaired) electrons. The number of hydrogen-bond acceptors (Lipinski definition) is 3. The van der Waals surface area contributed by atoms with Crippen molar-refractivity contribution in [2.75, 3.05) is 11.9 Å². The number of aromatic nitrogens is 2. The minimum atomic E-state index is -0.327. The lowest BCUT2D eigenvalue weighted by atomic mass is 10.1. The summed E-state index contributed by atoms with van der Waals surface area (Å²) in [6.07, 6.45) is 0.691. The number of aromatic amines is 1. The molecule has 1 aromatic heterocycles. The average Bonchev–Trinajstić information content (AvgIpc) is 2.72. The van der Waals surface area contributed by atoms with Crippen LogP contribution in [0.2, 0.25) is 0 Å². The monoisotopic (exact) mass is 406 g/mol. The van der Waals surface area contributed by atoms with E-state index in [0.29, 0.717) is 35.6 Å². The standard InChI is InChI=1S/C23H23FN4O2/c1-14-7-8-17(11-15(14)2)25-23(30)28-10-9-20-18(13-28)22(29)27-21(26-20)12-16-5-3-4-6-19(16)24/h3-8,11H,9-10,12-13H2,1-2H3,(H,25,30)(H,26,27,29). The summed E-state index contributed by atoms with van der Waals surface area (Å²) in [6, 6.07) is 11.9. The van der Waals surface area contributed by atoms with Gasteiger partial charge in [-0.25, -0.2) is 14.2 Å². The molecule has 0 spiro atoms. The zero-order valence-corrected chi connectivity index (χ0v) is 17.0. The van der Waals surface area contributed by atoms with Gasteiger partial charge in [-0.15, -0.1) is 0 Å². The van der Waals surface area contributed by atoms with Crippen molar-refractivity contribution in [1.82, 2.24) is 14.9 Å². The summed E-state index contributed by atoms with van der Waals surface area (Å²) in [4.78, 5) is 34.2. The van der Waals surface area contributed by atoms with Gasteiger partial charge in [0.15, 0.2) is 0 Å². The number of anilines is 1. The van der Waals surface area contributed by atoms with Crippen LogP contribution in [0.15, 0.2) is 47.3 Å². The molecule has 0 bridgehead atoms. The second-order valence-electron chi connectivity index (χ2n) is 7.61. The molecule has 154 valence electrons. The number of fused-ring (bicyclic) bond motifs is 1. The van der Waals surface area contributed by atoms with E-state index in [1.165, 1.54) is 6.07 Å². The first-order chi connectivity index (χ1) is 14.4. The molecule has 0 saturated carbocycles. The molecule has 0 saturated heterocycles. The van der Waals surface area contributed by atoms with Gasteiger partial charge in [0.05, 0.1) is 17.8 Å². The Morgan fingerprint density at radius 2 is 2.00 bits per heavy atom. The van der Waals surface area contributed by atoms with Gasteiger partial charge >= 0.3 is 6.03 Å². The van der Waals surface area contributed by atoms with E-state index >= 15 is 0 Å². The van der Waals surface area contributed by atoms with E-state index in [1.54, 1.807) is 23.1 Å². The molecule has 7 heteroatoms. The van der Waals surface area contributed by atoms with Crippen molar-refractivity contribution < 1.29 is 9.18 Å². The molecule has 3 aromatic rings. The topological polar surface area (TPSA) is 78.1 Å². The van der Waals surface area contributed by atoms with E-state index in [9.17, 15) is 14.0 Å². The summed E-state index contributed by atoms with van der Waals surface area (Å²) in [6.45, 7) is 4.65. The van der Waals surface area contributed by atoms with Crippen LogP contribution < -0.4 is 10.9 Å². The molecule has 4 rings (SSSR count). The van der Waals surface area contributed by atoms with Gasteiger partial charge in [0, 0.05) is 25.1 Å². The van der Waals surface area contributed by atoms with Crippen molar-refractivity contribution in [3.63, 3.8) is 0 Å². The number of nitrogens with one attached hydrogen (secondary N) is 2. The molecule has 30 heavy (non-hydrogen) atoms. The van der Waals surface area contributed by atoms with Crippen molar-refractivity contribution in [3.8, 4) is 0 Å². The first-order valence-electron chi connectivity index (χ1n) is 9.88. The highest BCUT2D eigenvalue weighted by Gasteiger charge is 2.25. The lowest BCUT2D eigenvalue weighted by molar-refractivity contribution is 0.205. The Morgan fingerprint density at radius 1 is 1.20 bits per heavy atom. The maximum Gasteiger partial charge on any atom is 0.322 e. The number of carbonyl (C=O) groups is 1. The number of H-pyrrole nitrogens is 1. The van der Waals surface area contributed by atoms with Crippen molar-refractivity contribution in [3.05, 3.63) is 92.4 Å². The van der Waals surface area contributed by atoms with Gasteiger partial charge < -0.3 is 15.2 Å². The molecular formula is C23H23FN4O2. The van der Waals surface area contributed by atoms with E-state index in [1.807, 2.05) is 32.0 Å². The Hall–Kier alpha value is -3.48. The summed E-state index contributed by atoms with van der Waals surface area (Å²) < 4.78 is 13.9. The fourth-order valence-electron chi connectivity index (χ4n) is 3.58. The van der Waals surface area contributed by atoms with E-state index in [2.05, 4.69) is 15.3 Å². The van der Waals surface area contributed by atoms with Crippen LogP contribution in [-0.4, -0.2) is 27.4 Å². The summed E-state index contributed by atoms with van der Waals surface area (Å²) >= 11 is 0. The number of aryl methyl sites for hydroxylation is 2. The Balaban J connectivity index is 1.50. The molecular weight excluding hydrogens is 383 g/mol. The molecule has 2 aromatic carbocycles. The number of urea groups is 1. The van der Waals surface area contributed by atoms with Crippen molar-refractivity contribution >= 4 is 11.7 Å². The number of benzene rings is 2. The zero-order chi connectivity index (χ0) is 21.3. The second-order valence-corrected chi connectivity index (χ2v) is 7.61. The van der Waals surface area contributed by atoms with Gasteiger partial charge in [-0.1, -0.05) is 24.3 Å². The van der Waals surface area contributed by atoms with Crippen LogP contribution in [-0.2, 0) is 19.4 Å². The third kappa shape index (κ3) is 4.10. The van der Waals surface area contributed by atoms with Gasteiger partial charge in [-0.3, -0.25) is 4.79 Å². The largest absolute Gasteiger partial charge is 0.322 e. The molecule has 2 heterocycles. The summed E-state index contributed by atoms with van der Waals surface area (Å²) in [5.74, 6) is 0.101. The maximum atomic E-state index is 13.9. The number of nitrogens with zero attached hydrogens (tertiary/aromatic N) is 2. The molecule has 6 nitrogen and oxygen atoms in total. The van der Waals surface area contributed by atoms with Crippen molar-refractivity contribution in [2.24, 2.45) is 0 Å². The fourth-order valence-corrected chi connectivity index (χ4v) is 3.58. The Labute approximate surface area is 173 Å². The molecule has 0 atom stereocenters. The van der Waals surface area contributed by atoms with Gasteiger partial charge in [-0.05, 0) is 48.7 Å². The molecule has 0 unspecified atom stereocenters. The Kier molecular flexibility index (Phi) is 5.35. The predicted molar refractivity (Wildman–Crippen MR) is 113 cm³/mol. The summed E-state index contributed by atoms with van der Waals surface area (Å²) in [5.41, 5.74) is 4.32. The highest BCUT2D eigenvalue weighted by atomic mass is 19.1. The van der Waals surface area contributed by atoms with Crippen LogP contribution in [0.1, 0.15) is 33.8 Å². The van der Waals surface area contributed by atoms with Crippen molar-refractivity contribution in [2.45, 2.75) is 33.2 Å². The van der Waals surface area contributed by atoms with Crippen LogP contribution in [0.4, 0.5) is 14.9 Å². The van der Waals surface area contributed by atoms with Crippen LogP contribution in [0.5, 0.6) is 0 Å². The van der Waals surface area contributed by atoms with E-state index in [4.69, 9.17) is 0 Å². The fraction of sp³-hybridized carbons (Fsp3) is 0.261. The maximum absolute atomic E-state index is 13.9. The molecule has 0 aliphatic carbocycles.